The molecule has 0 aliphatic heterocycles. The van der Waals surface area contributed by atoms with E-state index in [0.717, 1.165) is 6.42 Å². The fraction of sp³-hybridized carbons (Fsp3) is 0.667. The molecular formula is C6H12Y-2. The Morgan fingerprint density at radius 2 is 2.14 bits per heavy atom. The molecule has 0 rings (SSSR count). The van der Waals surface area contributed by atoms with Gasteiger partial charge < -0.3 is 13.3 Å². The molecule has 0 aromatic rings. The Kier molecular flexibility index (Phi) is 11.1. The summed E-state index contributed by atoms with van der Waals surface area (Å²) in [6, 6.07) is 0. The summed E-state index contributed by atoms with van der Waals surface area (Å²) in [6.45, 7) is 7.97. The molecule has 0 aromatic heterocycles. The quantitative estimate of drug-likeness (QED) is 0.560. The minimum absolute atomic E-state index is 0. The van der Waals surface area contributed by atoms with Gasteiger partial charge in [-0.1, -0.05) is 6.92 Å². The summed E-state index contributed by atoms with van der Waals surface area (Å²) in [7, 11) is 0. The summed E-state index contributed by atoms with van der Waals surface area (Å²) in [6.07, 6.45) is 3.28. The van der Waals surface area contributed by atoms with Gasteiger partial charge in [0.25, 0.3) is 0 Å². The molecule has 1 unspecified atom stereocenters. The summed E-state index contributed by atoms with van der Waals surface area (Å²) in [5.41, 5.74) is 0. The molecule has 41 valence electrons. The minimum Gasteiger partial charge on any atom is -0.343 e. The molecule has 0 aliphatic carbocycles. The molecule has 0 spiro atoms. The van der Waals surface area contributed by atoms with Gasteiger partial charge in [0, 0.05) is 32.7 Å². The molecule has 1 radical (unpaired) electrons. The number of rotatable bonds is 2. The van der Waals surface area contributed by atoms with Gasteiger partial charge in [0.1, 0.15) is 0 Å². The molecule has 0 fully saturated rings. The van der Waals surface area contributed by atoms with E-state index in [1.165, 1.54) is 0 Å². The van der Waals surface area contributed by atoms with Gasteiger partial charge in [-0.15, -0.1) is 0 Å². The second-order valence-electron chi connectivity index (χ2n) is 1.75. The Hall–Kier alpha value is 1.10. The summed E-state index contributed by atoms with van der Waals surface area (Å²) >= 11 is 0. The molecule has 0 saturated heterocycles. The third-order valence-electron chi connectivity index (χ3n) is 0.638. The summed E-state index contributed by atoms with van der Waals surface area (Å²) in [4.78, 5) is 0. The van der Waals surface area contributed by atoms with Gasteiger partial charge in [0.2, 0.25) is 0 Å². The minimum atomic E-state index is 0. The Balaban J connectivity index is 0. The Bertz CT molecular complexity index is 25.4. The van der Waals surface area contributed by atoms with Crippen molar-refractivity contribution < 1.29 is 32.7 Å². The van der Waals surface area contributed by atoms with Crippen LogP contribution < -0.4 is 0 Å². The maximum Gasteiger partial charge on any atom is 0 e. The average Bonchev–Trinajstić information content (AvgIpc) is 1.35. The Morgan fingerprint density at radius 3 is 2.14 bits per heavy atom. The van der Waals surface area contributed by atoms with Crippen LogP contribution in [0, 0.1) is 19.3 Å². The number of hydrogen-bond donors (Lipinski definition) is 0. The predicted octanol–water partition coefficient (Wildman–Crippen LogP) is 2.07. The monoisotopic (exact) mass is 173 g/mol. The van der Waals surface area contributed by atoms with E-state index in [9.17, 15) is 0 Å². The zero-order valence-corrected chi connectivity index (χ0v) is 7.98. The molecule has 0 aromatic carbocycles. The van der Waals surface area contributed by atoms with Crippen molar-refractivity contribution in [2.24, 2.45) is 5.92 Å². The van der Waals surface area contributed by atoms with Crippen molar-refractivity contribution in [2.45, 2.75) is 20.3 Å². The fourth-order valence-corrected chi connectivity index (χ4v) is 0.402. The first kappa shape index (κ1) is 11.0. The third-order valence-corrected chi connectivity index (χ3v) is 0.638. The second-order valence-corrected chi connectivity index (χ2v) is 1.75. The molecule has 0 aliphatic rings. The first-order valence-corrected chi connectivity index (χ1v) is 2.38. The normalized spacial score (nSPS) is 12.4. The maximum absolute atomic E-state index is 3.80. The van der Waals surface area contributed by atoms with Crippen LogP contribution in [-0.2, 0) is 32.7 Å². The van der Waals surface area contributed by atoms with E-state index in [4.69, 9.17) is 0 Å². The second kappa shape index (κ2) is 7.10. The van der Waals surface area contributed by atoms with Gasteiger partial charge in [0.05, 0.1) is 0 Å². The van der Waals surface area contributed by atoms with Gasteiger partial charge in [-0.2, -0.15) is 12.8 Å². The molecule has 0 saturated carbocycles. The summed E-state index contributed by atoms with van der Waals surface area (Å²) in [5, 5.41) is 0. The molecule has 0 nitrogen and oxygen atoms in total. The van der Waals surface area contributed by atoms with Crippen LogP contribution in [0.5, 0.6) is 0 Å². The largest absolute Gasteiger partial charge is 0.343 e. The van der Waals surface area contributed by atoms with Crippen molar-refractivity contribution in [2.75, 3.05) is 0 Å². The molecule has 1 heteroatoms. The van der Waals surface area contributed by atoms with E-state index in [2.05, 4.69) is 27.2 Å². The summed E-state index contributed by atoms with van der Waals surface area (Å²) < 4.78 is 0. The van der Waals surface area contributed by atoms with Crippen molar-refractivity contribution in [1.29, 1.82) is 0 Å². The Labute approximate surface area is 71.9 Å². The van der Waals surface area contributed by atoms with Gasteiger partial charge in [-0.25, -0.2) is 6.42 Å². The van der Waals surface area contributed by atoms with E-state index in [-0.39, 0.29) is 32.7 Å². The molecular weight excluding hydrogens is 161 g/mol. The van der Waals surface area contributed by atoms with E-state index >= 15 is 0 Å². The van der Waals surface area contributed by atoms with Crippen LogP contribution >= 0.6 is 0 Å². The van der Waals surface area contributed by atoms with Crippen molar-refractivity contribution >= 4 is 0 Å². The zero-order valence-electron chi connectivity index (χ0n) is 5.15. The molecule has 0 bridgehead atoms. The first-order chi connectivity index (χ1) is 2.77. The van der Waals surface area contributed by atoms with Crippen molar-refractivity contribution in [3.8, 4) is 0 Å². The third kappa shape index (κ3) is 11.0. The first-order valence-electron chi connectivity index (χ1n) is 2.38. The van der Waals surface area contributed by atoms with Crippen LogP contribution in [0.4, 0.5) is 0 Å². The van der Waals surface area contributed by atoms with Crippen LogP contribution in [-0.4, -0.2) is 0 Å². The maximum atomic E-state index is 3.80. The average molecular weight is 173 g/mol. The Morgan fingerprint density at radius 1 is 1.71 bits per heavy atom. The fourth-order valence-electron chi connectivity index (χ4n) is 0.402. The van der Waals surface area contributed by atoms with Gasteiger partial charge in [-0.3, -0.25) is 0 Å². The number of hydrogen-bond acceptors (Lipinski definition) is 0. The van der Waals surface area contributed by atoms with E-state index in [1.54, 1.807) is 0 Å². The van der Waals surface area contributed by atoms with Gasteiger partial charge in [-0.05, 0) is 0 Å². The summed E-state index contributed by atoms with van der Waals surface area (Å²) in [5.74, 6) is 0.593. The van der Waals surface area contributed by atoms with E-state index in [1.807, 2.05) is 0 Å². The molecule has 0 amide bonds. The standard InChI is InChI=1S/C6H12.Y/c1-4-5-6(2)3;/h4,6H,2,5H2,1,3H3;/q-2;. The van der Waals surface area contributed by atoms with Crippen LogP contribution in [0.15, 0.2) is 0 Å². The van der Waals surface area contributed by atoms with Crippen LogP contribution in [0.2, 0.25) is 0 Å². The topological polar surface area (TPSA) is 0 Å². The molecule has 0 heterocycles. The van der Waals surface area contributed by atoms with Crippen LogP contribution in [0.25, 0.3) is 0 Å². The predicted molar refractivity (Wildman–Crippen MR) is 29.1 cm³/mol. The van der Waals surface area contributed by atoms with Crippen molar-refractivity contribution in [3.05, 3.63) is 13.3 Å². The van der Waals surface area contributed by atoms with Gasteiger partial charge in [0.15, 0.2) is 0 Å². The zero-order chi connectivity index (χ0) is 4.99. The van der Waals surface area contributed by atoms with Crippen molar-refractivity contribution in [1.82, 2.24) is 0 Å². The van der Waals surface area contributed by atoms with Crippen LogP contribution in [0.1, 0.15) is 20.3 Å². The molecule has 1 atom stereocenters. The van der Waals surface area contributed by atoms with Crippen LogP contribution in [0.3, 0.4) is 0 Å². The molecule has 7 heavy (non-hydrogen) atoms. The van der Waals surface area contributed by atoms with Gasteiger partial charge >= 0.3 is 0 Å². The SMILES string of the molecule is [CH2-]C(C)C[CH-]C.[Y]. The van der Waals surface area contributed by atoms with Crippen molar-refractivity contribution in [3.63, 3.8) is 0 Å². The van der Waals surface area contributed by atoms with E-state index in [0.29, 0.717) is 5.92 Å². The smallest absolute Gasteiger partial charge is 0 e. The molecule has 0 N–H and O–H groups in total. The van der Waals surface area contributed by atoms with E-state index < -0.39 is 0 Å².